The van der Waals surface area contributed by atoms with E-state index in [1.54, 1.807) is 0 Å². The number of allylic oxidation sites excluding steroid dienone is 2. The van der Waals surface area contributed by atoms with Crippen LogP contribution in [0.4, 0.5) is 0 Å². The first-order chi connectivity index (χ1) is 8.22. The standard InChI is InChI=1S/C14H16N2O/c1-3-11(2)14-13(17)9-15-16(14)10-12-7-5-4-6-8-12/h3-9,17H,10H2,1-2H3/b11-3+. The molecule has 0 atom stereocenters. The second kappa shape index (κ2) is 4.87. The lowest BCUT2D eigenvalue weighted by Gasteiger charge is -2.08. The van der Waals surface area contributed by atoms with Gasteiger partial charge in [-0.15, -0.1) is 0 Å². The van der Waals surface area contributed by atoms with Crippen LogP contribution in [0.15, 0.2) is 42.6 Å². The predicted octanol–water partition coefficient (Wildman–Crippen LogP) is 3.06. The minimum Gasteiger partial charge on any atom is -0.504 e. The van der Waals surface area contributed by atoms with Gasteiger partial charge in [-0.2, -0.15) is 5.10 Å². The van der Waals surface area contributed by atoms with Crippen LogP contribution in [-0.4, -0.2) is 14.9 Å². The Morgan fingerprint density at radius 3 is 2.71 bits per heavy atom. The first-order valence-electron chi connectivity index (χ1n) is 5.64. The highest BCUT2D eigenvalue weighted by atomic mass is 16.3. The Bertz CT molecular complexity index is 526. The smallest absolute Gasteiger partial charge is 0.161 e. The average Bonchev–Trinajstić information content (AvgIpc) is 2.71. The zero-order valence-corrected chi connectivity index (χ0v) is 10.1. The maximum atomic E-state index is 9.79. The zero-order valence-electron chi connectivity index (χ0n) is 10.1. The van der Waals surface area contributed by atoms with E-state index in [1.165, 1.54) is 11.8 Å². The Morgan fingerprint density at radius 2 is 2.06 bits per heavy atom. The molecule has 0 saturated carbocycles. The topological polar surface area (TPSA) is 38.1 Å². The Hall–Kier alpha value is -2.03. The second-order valence-electron chi connectivity index (χ2n) is 3.99. The summed E-state index contributed by atoms with van der Waals surface area (Å²) in [4.78, 5) is 0. The number of nitrogens with zero attached hydrogens (tertiary/aromatic N) is 2. The molecule has 0 unspecified atom stereocenters. The minimum absolute atomic E-state index is 0.233. The van der Waals surface area contributed by atoms with Crippen molar-refractivity contribution in [3.8, 4) is 5.75 Å². The third-order valence-corrected chi connectivity index (χ3v) is 2.80. The summed E-state index contributed by atoms with van der Waals surface area (Å²) in [5.74, 6) is 0.233. The van der Waals surface area contributed by atoms with Gasteiger partial charge in [0.05, 0.1) is 12.7 Å². The molecule has 0 amide bonds. The monoisotopic (exact) mass is 228 g/mol. The van der Waals surface area contributed by atoms with Gasteiger partial charge >= 0.3 is 0 Å². The molecule has 0 saturated heterocycles. The van der Waals surface area contributed by atoms with Gasteiger partial charge < -0.3 is 5.11 Å². The summed E-state index contributed by atoms with van der Waals surface area (Å²) >= 11 is 0. The molecule has 17 heavy (non-hydrogen) atoms. The molecule has 3 heteroatoms. The molecule has 88 valence electrons. The lowest BCUT2D eigenvalue weighted by atomic mass is 10.2. The molecule has 0 fully saturated rings. The van der Waals surface area contributed by atoms with Crippen LogP contribution in [0.2, 0.25) is 0 Å². The van der Waals surface area contributed by atoms with Gasteiger partial charge in [0.25, 0.3) is 0 Å². The molecule has 0 aliphatic rings. The van der Waals surface area contributed by atoms with Crippen molar-refractivity contribution in [3.63, 3.8) is 0 Å². The summed E-state index contributed by atoms with van der Waals surface area (Å²) in [6.07, 6.45) is 3.46. The number of benzene rings is 1. The fourth-order valence-electron chi connectivity index (χ4n) is 1.79. The maximum absolute atomic E-state index is 9.79. The van der Waals surface area contributed by atoms with Crippen LogP contribution >= 0.6 is 0 Å². The van der Waals surface area contributed by atoms with E-state index in [0.29, 0.717) is 6.54 Å². The molecular formula is C14H16N2O. The van der Waals surface area contributed by atoms with Crippen molar-refractivity contribution in [1.29, 1.82) is 0 Å². The number of hydrogen-bond acceptors (Lipinski definition) is 2. The summed E-state index contributed by atoms with van der Waals surface area (Å²) < 4.78 is 1.82. The van der Waals surface area contributed by atoms with Crippen molar-refractivity contribution in [2.24, 2.45) is 0 Å². The quantitative estimate of drug-likeness (QED) is 0.876. The molecular weight excluding hydrogens is 212 g/mol. The van der Waals surface area contributed by atoms with Crippen LogP contribution in [0.25, 0.3) is 5.57 Å². The van der Waals surface area contributed by atoms with Gasteiger partial charge in [-0.3, -0.25) is 4.68 Å². The third kappa shape index (κ3) is 2.38. The highest BCUT2D eigenvalue weighted by molar-refractivity contribution is 5.65. The van der Waals surface area contributed by atoms with Crippen LogP contribution in [-0.2, 0) is 6.54 Å². The molecule has 0 aliphatic heterocycles. The van der Waals surface area contributed by atoms with Gasteiger partial charge in [0.15, 0.2) is 5.75 Å². The molecule has 0 bridgehead atoms. The van der Waals surface area contributed by atoms with E-state index in [1.807, 2.05) is 54.9 Å². The first-order valence-corrected chi connectivity index (χ1v) is 5.64. The van der Waals surface area contributed by atoms with Gasteiger partial charge in [0, 0.05) is 0 Å². The van der Waals surface area contributed by atoms with E-state index in [0.717, 1.165) is 11.3 Å². The Morgan fingerprint density at radius 1 is 1.35 bits per heavy atom. The Kier molecular flexibility index (Phi) is 3.28. The van der Waals surface area contributed by atoms with Crippen molar-refractivity contribution in [1.82, 2.24) is 9.78 Å². The van der Waals surface area contributed by atoms with Gasteiger partial charge in [0.1, 0.15) is 5.69 Å². The van der Waals surface area contributed by atoms with Crippen LogP contribution < -0.4 is 0 Å². The molecule has 0 aliphatic carbocycles. The van der Waals surface area contributed by atoms with E-state index in [9.17, 15) is 5.11 Å². The van der Waals surface area contributed by atoms with E-state index in [2.05, 4.69) is 5.10 Å². The van der Waals surface area contributed by atoms with Gasteiger partial charge in [-0.25, -0.2) is 0 Å². The van der Waals surface area contributed by atoms with Gasteiger partial charge in [-0.1, -0.05) is 36.4 Å². The fourth-order valence-corrected chi connectivity index (χ4v) is 1.79. The van der Waals surface area contributed by atoms with Crippen LogP contribution in [0.1, 0.15) is 25.1 Å². The summed E-state index contributed by atoms with van der Waals surface area (Å²) in [6.45, 7) is 4.59. The van der Waals surface area contributed by atoms with Crippen LogP contribution in [0, 0.1) is 0 Å². The fraction of sp³-hybridized carbons (Fsp3) is 0.214. The van der Waals surface area contributed by atoms with Crippen molar-refractivity contribution in [3.05, 3.63) is 53.9 Å². The van der Waals surface area contributed by atoms with Crippen molar-refractivity contribution >= 4 is 5.57 Å². The molecule has 0 radical (unpaired) electrons. The van der Waals surface area contributed by atoms with E-state index in [4.69, 9.17) is 0 Å². The normalized spacial score (nSPS) is 11.8. The Labute approximate surface area is 101 Å². The summed E-state index contributed by atoms with van der Waals surface area (Å²) in [7, 11) is 0. The van der Waals surface area contributed by atoms with E-state index < -0.39 is 0 Å². The predicted molar refractivity (Wildman–Crippen MR) is 68.8 cm³/mol. The molecule has 1 aromatic heterocycles. The lowest BCUT2D eigenvalue weighted by molar-refractivity contribution is 0.472. The number of rotatable bonds is 3. The molecule has 1 aromatic carbocycles. The highest BCUT2D eigenvalue weighted by Crippen LogP contribution is 2.24. The molecule has 3 nitrogen and oxygen atoms in total. The van der Waals surface area contributed by atoms with E-state index in [-0.39, 0.29) is 5.75 Å². The first kappa shape index (κ1) is 11.5. The minimum atomic E-state index is 0.233. The number of hydrogen-bond donors (Lipinski definition) is 1. The Balaban J connectivity index is 2.34. The van der Waals surface area contributed by atoms with E-state index >= 15 is 0 Å². The van der Waals surface area contributed by atoms with Crippen LogP contribution in [0.3, 0.4) is 0 Å². The molecule has 1 heterocycles. The lowest BCUT2D eigenvalue weighted by Crippen LogP contribution is -2.05. The van der Waals surface area contributed by atoms with Gasteiger partial charge in [0.2, 0.25) is 0 Å². The SMILES string of the molecule is C/C=C(\C)c1c(O)cnn1Cc1ccccc1. The second-order valence-corrected chi connectivity index (χ2v) is 3.99. The third-order valence-electron chi connectivity index (χ3n) is 2.80. The summed E-state index contributed by atoms with van der Waals surface area (Å²) in [6, 6.07) is 10.1. The van der Waals surface area contributed by atoms with Crippen molar-refractivity contribution < 1.29 is 5.11 Å². The van der Waals surface area contributed by atoms with Gasteiger partial charge in [-0.05, 0) is 25.0 Å². The molecule has 2 aromatic rings. The average molecular weight is 228 g/mol. The van der Waals surface area contributed by atoms with Crippen molar-refractivity contribution in [2.75, 3.05) is 0 Å². The number of aromatic nitrogens is 2. The van der Waals surface area contributed by atoms with Crippen LogP contribution in [0.5, 0.6) is 5.75 Å². The molecule has 1 N–H and O–H groups in total. The summed E-state index contributed by atoms with van der Waals surface area (Å²) in [5, 5.41) is 14.0. The molecule has 0 spiro atoms. The largest absolute Gasteiger partial charge is 0.504 e. The molecule has 2 rings (SSSR count). The summed E-state index contributed by atoms with van der Waals surface area (Å²) in [5.41, 5.74) is 2.98. The van der Waals surface area contributed by atoms with Crippen molar-refractivity contribution in [2.45, 2.75) is 20.4 Å². The zero-order chi connectivity index (χ0) is 12.3. The maximum Gasteiger partial charge on any atom is 0.161 e. The number of aromatic hydroxyl groups is 1. The highest BCUT2D eigenvalue weighted by Gasteiger charge is 2.11.